The van der Waals surface area contributed by atoms with E-state index in [4.69, 9.17) is 0 Å². The van der Waals surface area contributed by atoms with Crippen molar-refractivity contribution in [2.45, 2.75) is 32.2 Å². The van der Waals surface area contributed by atoms with E-state index in [1.807, 2.05) is 23.7 Å². The molecule has 96 valence electrons. The van der Waals surface area contributed by atoms with Crippen LogP contribution in [0.2, 0.25) is 0 Å². The highest BCUT2D eigenvalue weighted by Crippen LogP contribution is 2.30. The van der Waals surface area contributed by atoms with Crippen LogP contribution in [0, 0.1) is 6.92 Å². The van der Waals surface area contributed by atoms with Crippen molar-refractivity contribution in [3.63, 3.8) is 0 Å². The van der Waals surface area contributed by atoms with Gasteiger partial charge in [0.1, 0.15) is 5.82 Å². The van der Waals surface area contributed by atoms with Gasteiger partial charge >= 0.3 is 0 Å². The third-order valence-corrected chi connectivity index (χ3v) is 3.95. The first-order valence-corrected chi connectivity index (χ1v) is 7.42. The van der Waals surface area contributed by atoms with E-state index in [9.17, 15) is 0 Å². The van der Waals surface area contributed by atoms with Crippen molar-refractivity contribution in [3.8, 4) is 0 Å². The quantitative estimate of drug-likeness (QED) is 0.812. The van der Waals surface area contributed by atoms with Crippen LogP contribution in [0.5, 0.6) is 0 Å². The Kier molecular flexibility index (Phi) is 3.20. The molecule has 1 saturated carbocycles. The Labute approximate surface area is 114 Å². The Morgan fingerprint density at radius 2 is 2.28 bits per heavy atom. The lowest BCUT2D eigenvalue weighted by atomic mass is 9.91. The second kappa shape index (κ2) is 4.84. The maximum absolute atomic E-state index is 4.52. The molecule has 0 bridgehead atoms. The lowest BCUT2D eigenvalue weighted by Crippen LogP contribution is -2.42. The summed E-state index contributed by atoms with van der Waals surface area (Å²) in [4.78, 5) is 6.89. The maximum atomic E-state index is 4.52. The lowest BCUT2D eigenvalue weighted by molar-refractivity contribution is 0.389. The predicted molar refractivity (Wildman–Crippen MR) is 74.3 cm³/mol. The molecule has 6 heteroatoms. The average molecular weight is 310 g/mol. The van der Waals surface area contributed by atoms with Crippen molar-refractivity contribution >= 4 is 27.4 Å². The zero-order valence-electron chi connectivity index (χ0n) is 10.4. The van der Waals surface area contributed by atoms with E-state index in [1.165, 1.54) is 19.3 Å². The number of anilines is 1. The zero-order chi connectivity index (χ0) is 12.5. The molecule has 0 spiro atoms. The summed E-state index contributed by atoms with van der Waals surface area (Å²) in [6.07, 6.45) is 7.57. The third-order valence-electron chi connectivity index (χ3n) is 3.59. The van der Waals surface area contributed by atoms with Gasteiger partial charge in [0.2, 0.25) is 5.65 Å². The SMILES string of the molecule is Cc1nnc2c(N(CCBr)C3CCC3)nccn12. The summed E-state index contributed by atoms with van der Waals surface area (Å²) in [6, 6.07) is 0.609. The number of aryl methyl sites for hydroxylation is 1. The molecule has 0 N–H and O–H groups in total. The molecule has 2 aromatic rings. The first kappa shape index (κ1) is 11.9. The number of alkyl halides is 1. The highest BCUT2D eigenvalue weighted by molar-refractivity contribution is 9.09. The van der Waals surface area contributed by atoms with Crippen LogP contribution >= 0.6 is 15.9 Å². The number of halogens is 1. The summed E-state index contributed by atoms with van der Waals surface area (Å²) >= 11 is 3.53. The van der Waals surface area contributed by atoms with Crippen molar-refractivity contribution in [2.24, 2.45) is 0 Å². The van der Waals surface area contributed by atoms with Crippen LogP contribution < -0.4 is 4.90 Å². The van der Waals surface area contributed by atoms with Crippen LogP contribution in [-0.4, -0.2) is 37.5 Å². The Balaban J connectivity index is 2.04. The molecule has 1 aliphatic rings. The fourth-order valence-corrected chi connectivity index (χ4v) is 2.76. The monoisotopic (exact) mass is 309 g/mol. The topological polar surface area (TPSA) is 46.3 Å². The summed E-state index contributed by atoms with van der Waals surface area (Å²) in [5, 5.41) is 9.34. The van der Waals surface area contributed by atoms with Gasteiger partial charge in [0.25, 0.3) is 0 Å². The van der Waals surface area contributed by atoms with Gasteiger partial charge in [-0.3, -0.25) is 4.40 Å². The van der Waals surface area contributed by atoms with Gasteiger partial charge < -0.3 is 4.90 Å². The summed E-state index contributed by atoms with van der Waals surface area (Å²) in [5.41, 5.74) is 0.864. The van der Waals surface area contributed by atoms with Gasteiger partial charge in [-0.2, -0.15) is 0 Å². The van der Waals surface area contributed by atoms with E-state index in [0.29, 0.717) is 6.04 Å². The van der Waals surface area contributed by atoms with Gasteiger partial charge in [-0.1, -0.05) is 15.9 Å². The highest BCUT2D eigenvalue weighted by atomic mass is 79.9. The van der Waals surface area contributed by atoms with Crippen LogP contribution in [0.3, 0.4) is 0 Å². The molecular weight excluding hydrogens is 294 g/mol. The number of aromatic nitrogens is 4. The van der Waals surface area contributed by atoms with Crippen molar-refractivity contribution < 1.29 is 0 Å². The van der Waals surface area contributed by atoms with Crippen LogP contribution in [-0.2, 0) is 0 Å². The summed E-state index contributed by atoms with van der Waals surface area (Å²) < 4.78 is 2.00. The molecule has 0 aromatic carbocycles. The number of rotatable bonds is 4. The average Bonchev–Trinajstić information content (AvgIpc) is 2.69. The molecule has 18 heavy (non-hydrogen) atoms. The molecule has 2 heterocycles. The molecule has 1 fully saturated rings. The predicted octanol–water partition coefficient (Wildman–Crippen LogP) is 2.19. The van der Waals surface area contributed by atoms with Crippen molar-refractivity contribution in [3.05, 3.63) is 18.2 Å². The molecule has 0 atom stereocenters. The fraction of sp³-hybridized carbons (Fsp3) is 0.583. The molecule has 2 aromatic heterocycles. The van der Waals surface area contributed by atoms with Gasteiger partial charge in [-0.15, -0.1) is 10.2 Å². The lowest BCUT2D eigenvalue weighted by Gasteiger charge is -2.38. The van der Waals surface area contributed by atoms with Gasteiger partial charge in [0.15, 0.2) is 5.82 Å². The summed E-state index contributed by atoms with van der Waals surface area (Å²) in [6.45, 7) is 2.92. The molecule has 3 rings (SSSR count). The second-order valence-corrected chi connectivity index (χ2v) is 5.45. The van der Waals surface area contributed by atoms with E-state index >= 15 is 0 Å². The Bertz CT molecular complexity index is 548. The van der Waals surface area contributed by atoms with Gasteiger partial charge in [0, 0.05) is 30.3 Å². The van der Waals surface area contributed by atoms with E-state index < -0.39 is 0 Å². The fourth-order valence-electron chi connectivity index (χ4n) is 2.38. The van der Waals surface area contributed by atoms with Crippen LogP contribution in [0.25, 0.3) is 5.65 Å². The van der Waals surface area contributed by atoms with Crippen LogP contribution in [0.1, 0.15) is 25.1 Å². The molecule has 5 nitrogen and oxygen atoms in total. The van der Waals surface area contributed by atoms with Crippen molar-refractivity contribution in [2.75, 3.05) is 16.8 Å². The van der Waals surface area contributed by atoms with E-state index in [1.54, 1.807) is 0 Å². The van der Waals surface area contributed by atoms with Crippen molar-refractivity contribution in [1.29, 1.82) is 0 Å². The largest absolute Gasteiger partial charge is 0.350 e. The number of fused-ring (bicyclic) bond motifs is 1. The third kappa shape index (κ3) is 1.88. The normalized spacial score (nSPS) is 15.9. The Morgan fingerprint density at radius 1 is 1.44 bits per heavy atom. The molecular formula is C12H16BrN5. The summed E-state index contributed by atoms with van der Waals surface area (Å²) in [5.74, 6) is 1.86. The molecule has 1 aliphatic carbocycles. The molecule has 0 radical (unpaired) electrons. The molecule has 0 amide bonds. The zero-order valence-corrected chi connectivity index (χ0v) is 12.0. The van der Waals surface area contributed by atoms with Gasteiger partial charge in [-0.25, -0.2) is 4.98 Å². The molecule has 0 unspecified atom stereocenters. The summed E-state index contributed by atoms with van der Waals surface area (Å²) in [7, 11) is 0. The first-order valence-electron chi connectivity index (χ1n) is 6.30. The minimum Gasteiger partial charge on any atom is -0.350 e. The maximum Gasteiger partial charge on any atom is 0.203 e. The Morgan fingerprint density at radius 3 is 2.94 bits per heavy atom. The smallest absolute Gasteiger partial charge is 0.203 e. The first-order chi connectivity index (χ1) is 8.81. The van der Waals surface area contributed by atoms with Gasteiger partial charge in [-0.05, 0) is 26.2 Å². The van der Waals surface area contributed by atoms with Gasteiger partial charge in [0.05, 0.1) is 0 Å². The minimum atomic E-state index is 0.609. The van der Waals surface area contributed by atoms with E-state index in [2.05, 4.69) is 36.0 Å². The Hall–Kier alpha value is -1.17. The standard InChI is InChI=1S/C12H16BrN5/c1-9-15-16-12-11(14-6-8-17(9)12)18(7-5-13)10-3-2-4-10/h6,8,10H,2-5,7H2,1H3. The van der Waals surface area contributed by atoms with Crippen LogP contribution in [0.15, 0.2) is 12.4 Å². The minimum absolute atomic E-state index is 0.609. The number of hydrogen-bond acceptors (Lipinski definition) is 4. The molecule has 0 saturated heterocycles. The highest BCUT2D eigenvalue weighted by Gasteiger charge is 2.27. The van der Waals surface area contributed by atoms with E-state index in [0.717, 1.165) is 29.2 Å². The van der Waals surface area contributed by atoms with E-state index in [-0.39, 0.29) is 0 Å². The number of nitrogens with zero attached hydrogens (tertiary/aromatic N) is 5. The van der Waals surface area contributed by atoms with Crippen LogP contribution in [0.4, 0.5) is 5.82 Å². The molecule has 0 aliphatic heterocycles. The van der Waals surface area contributed by atoms with Crippen molar-refractivity contribution in [1.82, 2.24) is 19.6 Å². The number of hydrogen-bond donors (Lipinski definition) is 0. The second-order valence-electron chi connectivity index (χ2n) is 4.66.